The first-order valence-electron chi connectivity index (χ1n) is 11.5. The van der Waals surface area contributed by atoms with Crippen molar-refractivity contribution in [1.82, 2.24) is 30.4 Å². The fraction of sp³-hybridized carbons (Fsp3) is 0.240. The standard InChI is InChI=1S/C25H23F4N7O/c1-35-11-9-22(34-35)20-12-15(2-7-21(20)25(27,28)29)24(37)31-23-14-18(13-17-8-10-30-32-17)33-36(23)19-5-3-16(26)4-6-19/h2-7,9,11-12,14,17,30,32H,8,10,13H2,1H3,(H,31,37). The molecule has 2 aromatic carbocycles. The Labute approximate surface area is 209 Å². The Morgan fingerprint density at radius 3 is 2.54 bits per heavy atom. The number of hydrazine groups is 1. The van der Waals surface area contributed by atoms with Crippen molar-refractivity contribution in [3.05, 3.63) is 83.4 Å². The summed E-state index contributed by atoms with van der Waals surface area (Å²) in [5, 5.41) is 11.4. The van der Waals surface area contributed by atoms with Crippen LogP contribution >= 0.6 is 0 Å². The molecule has 1 fully saturated rings. The number of anilines is 1. The molecule has 0 spiro atoms. The summed E-state index contributed by atoms with van der Waals surface area (Å²) in [5.41, 5.74) is 6.43. The normalized spacial score (nSPS) is 15.8. The summed E-state index contributed by atoms with van der Waals surface area (Å²) in [6, 6.07) is 12.1. The molecule has 12 heteroatoms. The van der Waals surface area contributed by atoms with Gasteiger partial charge in [-0.3, -0.25) is 20.3 Å². The van der Waals surface area contributed by atoms with E-state index in [0.717, 1.165) is 25.1 Å². The molecule has 1 unspecified atom stereocenters. The number of nitrogens with zero attached hydrogens (tertiary/aromatic N) is 4. The first kappa shape index (κ1) is 24.7. The number of rotatable bonds is 6. The maximum absolute atomic E-state index is 13.7. The number of alkyl halides is 3. The first-order valence-corrected chi connectivity index (χ1v) is 11.5. The van der Waals surface area contributed by atoms with Crippen molar-refractivity contribution in [2.24, 2.45) is 7.05 Å². The highest BCUT2D eigenvalue weighted by Crippen LogP contribution is 2.37. The SMILES string of the molecule is Cn1ccc(-c2cc(C(=O)Nc3cc(CC4CCNN4)nn3-c3ccc(F)cc3)ccc2C(F)(F)F)n1. The number of nitrogens with one attached hydrogen (secondary N) is 3. The second-order valence-corrected chi connectivity index (χ2v) is 8.76. The van der Waals surface area contributed by atoms with Crippen molar-refractivity contribution in [3.63, 3.8) is 0 Å². The zero-order valence-corrected chi connectivity index (χ0v) is 19.7. The number of aryl methyl sites for hydroxylation is 1. The van der Waals surface area contributed by atoms with Gasteiger partial charge >= 0.3 is 6.18 Å². The van der Waals surface area contributed by atoms with Crippen molar-refractivity contribution in [2.45, 2.75) is 25.1 Å². The minimum absolute atomic E-state index is 0.0173. The van der Waals surface area contributed by atoms with Crippen LogP contribution in [0.25, 0.3) is 16.9 Å². The van der Waals surface area contributed by atoms with Crippen LogP contribution in [-0.4, -0.2) is 38.1 Å². The van der Waals surface area contributed by atoms with Gasteiger partial charge in [0, 0.05) is 49.4 Å². The van der Waals surface area contributed by atoms with Crippen molar-refractivity contribution in [1.29, 1.82) is 0 Å². The van der Waals surface area contributed by atoms with E-state index < -0.39 is 23.5 Å². The summed E-state index contributed by atoms with van der Waals surface area (Å²) < 4.78 is 57.4. The van der Waals surface area contributed by atoms with Gasteiger partial charge in [-0.15, -0.1) is 0 Å². The zero-order chi connectivity index (χ0) is 26.2. The molecule has 37 heavy (non-hydrogen) atoms. The van der Waals surface area contributed by atoms with E-state index in [1.807, 2.05) is 0 Å². The van der Waals surface area contributed by atoms with E-state index in [9.17, 15) is 22.4 Å². The summed E-state index contributed by atoms with van der Waals surface area (Å²) in [5.74, 6) is -0.743. The van der Waals surface area contributed by atoms with Gasteiger partial charge in [-0.2, -0.15) is 23.4 Å². The van der Waals surface area contributed by atoms with Gasteiger partial charge in [0.05, 0.1) is 22.6 Å². The lowest BCUT2D eigenvalue weighted by atomic mass is 10.0. The molecule has 4 aromatic rings. The smallest absolute Gasteiger partial charge is 0.306 e. The Morgan fingerprint density at radius 1 is 1.11 bits per heavy atom. The molecule has 3 N–H and O–H groups in total. The summed E-state index contributed by atoms with van der Waals surface area (Å²) in [4.78, 5) is 13.2. The van der Waals surface area contributed by atoms with Crippen LogP contribution in [0.1, 0.15) is 28.0 Å². The van der Waals surface area contributed by atoms with Crippen molar-refractivity contribution >= 4 is 11.7 Å². The van der Waals surface area contributed by atoms with Crippen LogP contribution in [0.15, 0.2) is 60.8 Å². The molecule has 8 nitrogen and oxygen atoms in total. The molecule has 0 saturated carbocycles. The molecule has 1 saturated heterocycles. The molecule has 0 bridgehead atoms. The average Bonchev–Trinajstić information content (AvgIpc) is 3.61. The molecule has 1 aliphatic rings. The van der Waals surface area contributed by atoms with E-state index in [1.165, 1.54) is 52.0 Å². The van der Waals surface area contributed by atoms with E-state index in [2.05, 4.69) is 26.4 Å². The predicted molar refractivity (Wildman–Crippen MR) is 128 cm³/mol. The monoisotopic (exact) mass is 513 g/mol. The van der Waals surface area contributed by atoms with E-state index in [0.29, 0.717) is 23.6 Å². The Bertz CT molecular complexity index is 1420. The topological polar surface area (TPSA) is 88.8 Å². The zero-order valence-electron chi connectivity index (χ0n) is 19.7. The van der Waals surface area contributed by atoms with Crippen LogP contribution in [0.5, 0.6) is 0 Å². The lowest BCUT2D eigenvalue weighted by molar-refractivity contribution is -0.137. The fourth-order valence-corrected chi connectivity index (χ4v) is 4.23. The number of aromatic nitrogens is 4. The Balaban J connectivity index is 1.48. The van der Waals surface area contributed by atoms with Crippen LogP contribution in [0.4, 0.5) is 23.4 Å². The Morgan fingerprint density at radius 2 is 1.89 bits per heavy atom. The second-order valence-electron chi connectivity index (χ2n) is 8.76. The average molecular weight is 513 g/mol. The number of halogens is 4. The van der Waals surface area contributed by atoms with Gasteiger partial charge in [-0.25, -0.2) is 9.07 Å². The molecule has 5 rings (SSSR count). The number of carbonyl (C=O) groups excluding carboxylic acids is 1. The summed E-state index contributed by atoms with van der Waals surface area (Å²) in [6.45, 7) is 0.819. The van der Waals surface area contributed by atoms with Gasteiger partial charge in [0.1, 0.15) is 11.6 Å². The number of amides is 1. The molecular formula is C25H23F4N7O. The molecule has 0 aliphatic carbocycles. The highest BCUT2D eigenvalue weighted by atomic mass is 19.4. The third-order valence-corrected chi connectivity index (χ3v) is 6.03. The quantitative estimate of drug-likeness (QED) is 0.338. The van der Waals surface area contributed by atoms with Crippen LogP contribution < -0.4 is 16.2 Å². The molecule has 2 aromatic heterocycles. The third-order valence-electron chi connectivity index (χ3n) is 6.03. The predicted octanol–water partition coefficient (Wildman–Crippen LogP) is 4.09. The van der Waals surface area contributed by atoms with Crippen molar-refractivity contribution < 1.29 is 22.4 Å². The first-order chi connectivity index (χ1) is 17.7. The highest BCUT2D eigenvalue weighted by Gasteiger charge is 2.34. The molecule has 1 atom stereocenters. The number of hydrogen-bond acceptors (Lipinski definition) is 5. The van der Waals surface area contributed by atoms with Gasteiger partial charge in [0.15, 0.2) is 0 Å². The van der Waals surface area contributed by atoms with E-state index in [1.54, 1.807) is 13.1 Å². The van der Waals surface area contributed by atoms with E-state index in [4.69, 9.17) is 0 Å². The fourth-order valence-electron chi connectivity index (χ4n) is 4.23. The van der Waals surface area contributed by atoms with Crippen LogP contribution in [0.2, 0.25) is 0 Å². The minimum atomic E-state index is -4.62. The molecule has 192 valence electrons. The van der Waals surface area contributed by atoms with Crippen LogP contribution in [0, 0.1) is 5.82 Å². The molecule has 3 heterocycles. The molecule has 1 amide bonds. The molecule has 0 radical (unpaired) electrons. The summed E-state index contributed by atoms with van der Waals surface area (Å²) in [7, 11) is 1.60. The van der Waals surface area contributed by atoms with E-state index in [-0.39, 0.29) is 22.9 Å². The summed E-state index contributed by atoms with van der Waals surface area (Å²) in [6.07, 6.45) is -1.62. The Kier molecular flexibility index (Phi) is 6.52. The lowest BCUT2D eigenvalue weighted by Crippen LogP contribution is -2.31. The maximum atomic E-state index is 13.7. The molecular weight excluding hydrogens is 490 g/mol. The van der Waals surface area contributed by atoms with Crippen LogP contribution in [0.3, 0.4) is 0 Å². The minimum Gasteiger partial charge on any atom is -0.306 e. The lowest BCUT2D eigenvalue weighted by Gasteiger charge is -2.14. The number of benzene rings is 2. The molecule has 1 aliphatic heterocycles. The Hall–Kier alpha value is -4.03. The highest BCUT2D eigenvalue weighted by molar-refractivity contribution is 6.04. The summed E-state index contributed by atoms with van der Waals surface area (Å²) >= 11 is 0. The maximum Gasteiger partial charge on any atom is 0.417 e. The second kappa shape index (κ2) is 9.79. The third kappa shape index (κ3) is 5.39. The van der Waals surface area contributed by atoms with Crippen molar-refractivity contribution in [2.75, 3.05) is 11.9 Å². The largest absolute Gasteiger partial charge is 0.417 e. The van der Waals surface area contributed by atoms with Gasteiger partial charge in [0.25, 0.3) is 5.91 Å². The number of hydrogen-bond donors (Lipinski definition) is 3. The van der Waals surface area contributed by atoms with Gasteiger partial charge in [-0.05, 0) is 55.0 Å². The van der Waals surface area contributed by atoms with Gasteiger partial charge < -0.3 is 5.32 Å². The van der Waals surface area contributed by atoms with Crippen LogP contribution in [-0.2, 0) is 19.6 Å². The van der Waals surface area contributed by atoms with E-state index >= 15 is 0 Å². The van der Waals surface area contributed by atoms with Crippen molar-refractivity contribution in [3.8, 4) is 16.9 Å². The van der Waals surface area contributed by atoms with Gasteiger partial charge in [-0.1, -0.05) is 0 Å². The number of carbonyl (C=O) groups is 1. The van der Waals surface area contributed by atoms with Gasteiger partial charge in [0.2, 0.25) is 0 Å².